The van der Waals surface area contributed by atoms with Crippen molar-refractivity contribution >= 4 is 6.09 Å². The van der Waals surface area contributed by atoms with Crippen LogP contribution in [-0.4, -0.2) is 35.2 Å². The van der Waals surface area contributed by atoms with E-state index in [1.807, 2.05) is 20.8 Å². The predicted octanol–water partition coefficient (Wildman–Crippen LogP) is 2.12. The topological polar surface area (TPSA) is 55.6 Å². The Morgan fingerprint density at radius 3 is 2.44 bits per heavy atom. The number of nitrogens with two attached hydrogens (primary N) is 1. The molecule has 1 aliphatic rings. The Morgan fingerprint density at radius 2 is 2.12 bits per heavy atom. The molecule has 2 N–H and O–H groups in total. The maximum absolute atomic E-state index is 11.9. The van der Waals surface area contributed by atoms with Crippen LogP contribution in [0, 0.1) is 0 Å². The molecule has 0 aromatic heterocycles. The molecule has 4 heteroatoms. The number of amides is 1. The van der Waals surface area contributed by atoms with Crippen LogP contribution in [0.3, 0.4) is 0 Å². The number of rotatable bonds is 3. The number of likely N-dealkylation sites (tertiary alicyclic amines) is 1. The van der Waals surface area contributed by atoms with Gasteiger partial charge < -0.3 is 15.4 Å². The molecule has 1 atom stereocenters. The van der Waals surface area contributed by atoms with Crippen molar-refractivity contribution in [2.75, 3.05) is 13.1 Å². The number of ether oxygens (including phenoxy) is 1. The quantitative estimate of drug-likeness (QED) is 0.805. The van der Waals surface area contributed by atoms with E-state index >= 15 is 0 Å². The molecule has 1 heterocycles. The lowest BCUT2D eigenvalue weighted by Gasteiger charge is -2.52. The molecular formula is C12H24N2O2. The highest BCUT2D eigenvalue weighted by Gasteiger charge is 2.47. The van der Waals surface area contributed by atoms with E-state index in [0.29, 0.717) is 6.54 Å². The largest absolute Gasteiger partial charge is 0.444 e. The number of hydrogen-bond acceptors (Lipinski definition) is 3. The normalized spacial score (nSPS) is 25.2. The highest BCUT2D eigenvalue weighted by atomic mass is 16.6. The molecule has 0 aromatic carbocycles. The highest BCUT2D eigenvalue weighted by molar-refractivity contribution is 5.70. The average molecular weight is 228 g/mol. The molecule has 16 heavy (non-hydrogen) atoms. The molecule has 0 aromatic rings. The summed E-state index contributed by atoms with van der Waals surface area (Å²) in [5.41, 5.74) is 5.22. The maximum atomic E-state index is 11.9. The van der Waals surface area contributed by atoms with Gasteiger partial charge in [0.25, 0.3) is 0 Å². The van der Waals surface area contributed by atoms with Gasteiger partial charge in [0.2, 0.25) is 0 Å². The molecule has 0 bridgehead atoms. The van der Waals surface area contributed by atoms with Gasteiger partial charge in [-0.3, -0.25) is 0 Å². The molecule has 4 nitrogen and oxygen atoms in total. The minimum atomic E-state index is -0.431. The Hall–Kier alpha value is -0.770. The maximum Gasteiger partial charge on any atom is 0.410 e. The number of nitrogens with zero attached hydrogens (tertiary/aromatic N) is 1. The summed E-state index contributed by atoms with van der Waals surface area (Å²) in [5, 5.41) is 0. The van der Waals surface area contributed by atoms with Gasteiger partial charge in [-0.1, -0.05) is 13.3 Å². The van der Waals surface area contributed by atoms with Gasteiger partial charge in [-0.15, -0.1) is 0 Å². The van der Waals surface area contributed by atoms with Crippen LogP contribution >= 0.6 is 0 Å². The van der Waals surface area contributed by atoms with E-state index in [4.69, 9.17) is 10.5 Å². The van der Waals surface area contributed by atoms with E-state index in [2.05, 4.69) is 6.92 Å². The summed E-state index contributed by atoms with van der Waals surface area (Å²) in [6.07, 6.45) is 2.77. The fourth-order valence-corrected chi connectivity index (χ4v) is 2.18. The van der Waals surface area contributed by atoms with Gasteiger partial charge in [0.05, 0.1) is 5.54 Å². The molecule has 1 aliphatic heterocycles. The van der Waals surface area contributed by atoms with Crippen LogP contribution in [0.15, 0.2) is 0 Å². The third-order valence-corrected chi connectivity index (χ3v) is 3.08. The van der Waals surface area contributed by atoms with Crippen LogP contribution in [0.4, 0.5) is 4.79 Å². The van der Waals surface area contributed by atoms with Crippen molar-refractivity contribution < 1.29 is 9.53 Å². The molecule has 0 radical (unpaired) electrons. The Labute approximate surface area is 98.1 Å². The predicted molar refractivity (Wildman–Crippen MR) is 64.3 cm³/mol. The zero-order valence-electron chi connectivity index (χ0n) is 10.9. The molecule has 1 rings (SSSR count). The summed E-state index contributed by atoms with van der Waals surface area (Å²) in [4.78, 5) is 13.7. The van der Waals surface area contributed by atoms with E-state index in [-0.39, 0.29) is 11.6 Å². The van der Waals surface area contributed by atoms with Gasteiger partial charge in [-0.25, -0.2) is 4.79 Å². The lowest BCUT2D eigenvalue weighted by molar-refractivity contribution is -0.0446. The summed E-state index contributed by atoms with van der Waals surface area (Å²) in [6, 6.07) is 0. The van der Waals surface area contributed by atoms with Gasteiger partial charge >= 0.3 is 6.09 Å². The van der Waals surface area contributed by atoms with Crippen LogP contribution in [0.2, 0.25) is 0 Å². The Kier molecular flexibility index (Phi) is 3.84. The molecule has 94 valence electrons. The van der Waals surface area contributed by atoms with Gasteiger partial charge in [-0.2, -0.15) is 0 Å². The van der Waals surface area contributed by atoms with Gasteiger partial charge in [0.1, 0.15) is 5.60 Å². The van der Waals surface area contributed by atoms with Gasteiger partial charge in [0.15, 0.2) is 0 Å². The smallest absolute Gasteiger partial charge is 0.410 e. The fourth-order valence-electron chi connectivity index (χ4n) is 2.18. The first-order valence-electron chi connectivity index (χ1n) is 6.05. The third-order valence-electron chi connectivity index (χ3n) is 3.08. The first-order valence-corrected chi connectivity index (χ1v) is 6.05. The molecule has 0 saturated carbocycles. The van der Waals surface area contributed by atoms with E-state index < -0.39 is 5.60 Å². The monoisotopic (exact) mass is 228 g/mol. The summed E-state index contributed by atoms with van der Waals surface area (Å²) < 4.78 is 5.38. The van der Waals surface area contributed by atoms with Crippen molar-refractivity contribution in [2.45, 2.75) is 58.1 Å². The number of carbonyl (C=O) groups is 1. The van der Waals surface area contributed by atoms with Crippen LogP contribution in [-0.2, 0) is 4.74 Å². The minimum absolute atomic E-state index is 0.142. The van der Waals surface area contributed by atoms with Crippen LogP contribution in [0.5, 0.6) is 0 Å². The lowest BCUT2D eigenvalue weighted by atomic mass is 9.81. The molecule has 0 aliphatic carbocycles. The Balaban J connectivity index is 2.63. The van der Waals surface area contributed by atoms with E-state index in [0.717, 1.165) is 25.8 Å². The second-order valence-corrected chi connectivity index (χ2v) is 5.56. The van der Waals surface area contributed by atoms with Gasteiger partial charge in [0, 0.05) is 13.1 Å². The van der Waals surface area contributed by atoms with Crippen molar-refractivity contribution in [3.63, 3.8) is 0 Å². The summed E-state index contributed by atoms with van der Waals surface area (Å²) in [7, 11) is 0. The second kappa shape index (κ2) is 4.62. The van der Waals surface area contributed by atoms with E-state index in [9.17, 15) is 4.79 Å². The molecule has 0 spiro atoms. The zero-order chi connectivity index (χ0) is 12.4. The van der Waals surface area contributed by atoms with Crippen molar-refractivity contribution in [2.24, 2.45) is 5.73 Å². The zero-order valence-corrected chi connectivity index (χ0v) is 10.9. The fraction of sp³-hybridized carbons (Fsp3) is 0.917. The first kappa shape index (κ1) is 13.3. The van der Waals surface area contributed by atoms with Crippen LogP contribution < -0.4 is 5.73 Å². The Bertz CT molecular complexity index is 256. The van der Waals surface area contributed by atoms with E-state index in [1.165, 1.54) is 0 Å². The van der Waals surface area contributed by atoms with Crippen molar-refractivity contribution in [3.05, 3.63) is 0 Å². The second-order valence-electron chi connectivity index (χ2n) is 5.56. The summed E-state index contributed by atoms with van der Waals surface area (Å²) in [6.45, 7) is 9.06. The Morgan fingerprint density at radius 1 is 1.50 bits per heavy atom. The summed E-state index contributed by atoms with van der Waals surface area (Å²) in [5.74, 6) is 0. The SMILES string of the molecule is CCCC1(CN)CCN1C(=O)OC(C)(C)C. The van der Waals surface area contributed by atoms with Crippen molar-refractivity contribution in [1.29, 1.82) is 0 Å². The van der Waals surface area contributed by atoms with Crippen LogP contribution in [0.25, 0.3) is 0 Å². The first-order chi connectivity index (χ1) is 7.34. The molecule has 1 unspecified atom stereocenters. The lowest BCUT2D eigenvalue weighted by Crippen LogP contribution is -2.66. The molecule has 1 fully saturated rings. The minimum Gasteiger partial charge on any atom is -0.444 e. The third kappa shape index (κ3) is 2.67. The van der Waals surface area contributed by atoms with Gasteiger partial charge in [-0.05, 0) is 33.6 Å². The molecule has 1 saturated heterocycles. The molecular weight excluding hydrogens is 204 g/mol. The number of hydrogen-bond donors (Lipinski definition) is 1. The number of carbonyl (C=O) groups excluding carboxylic acids is 1. The van der Waals surface area contributed by atoms with Crippen LogP contribution in [0.1, 0.15) is 47.0 Å². The highest BCUT2D eigenvalue weighted by Crippen LogP contribution is 2.35. The standard InChI is InChI=1S/C12H24N2O2/c1-5-6-12(9-13)7-8-14(12)10(15)16-11(2,3)4/h5-9,13H2,1-4H3. The van der Waals surface area contributed by atoms with E-state index in [1.54, 1.807) is 4.90 Å². The average Bonchev–Trinajstić information content (AvgIpc) is 2.08. The van der Waals surface area contributed by atoms with Crippen molar-refractivity contribution in [3.8, 4) is 0 Å². The molecule has 1 amide bonds. The van der Waals surface area contributed by atoms with Crippen molar-refractivity contribution in [1.82, 2.24) is 4.90 Å². The summed E-state index contributed by atoms with van der Waals surface area (Å²) >= 11 is 0.